The molecular formula is C18H18N2O6S. The molecule has 0 fully saturated rings. The van der Waals surface area contributed by atoms with Crippen LogP contribution < -0.4 is 0 Å². The van der Waals surface area contributed by atoms with Gasteiger partial charge in [-0.15, -0.1) is 0 Å². The van der Waals surface area contributed by atoms with E-state index in [1.54, 1.807) is 30.3 Å². The summed E-state index contributed by atoms with van der Waals surface area (Å²) in [7, 11) is -2.45. The van der Waals surface area contributed by atoms with E-state index in [4.69, 9.17) is 13.7 Å². The molecule has 0 spiro atoms. The van der Waals surface area contributed by atoms with Crippen molar-refractivity contribution in [3.05, 3.63) is 60.0 Å². The van der Waals surface area contributed by atoms with E-state index in [0.717, 1.165) is 9.87 Å². The van der Waals surface area contributed by atoms with Gasteiger partial charge in [-0.1, -0.05) is 22.9 Å². The lowest BCUT2D eigenvalue weighted by Gasteiger charge is -2.16. The van der Waals surface area contributed by atoms with Crippen LogP contribution in [0.3, 0.4) is 0 Å². The van der Waals surface area contributed by atoms with Crippen LogP contribution in [0, 0.1) is 6.92 Å². The average molecular weight is 390 g/mol. The van der Waals surface area contributed by atoms with Crippen molar-refractivity contribution in [3.8, 4) is 11.5 Å². The second kappa shape index (κ2) is 7.77. The summed E-state index contributed by atoms with van der Waals surface area (Å²) in [6, 6.07) is 11.4. The molecule has 2 aromatic heterocycles. The third-order valence-electron chi connectivity index (χ3n) is 3.78. The predicted octanol–water partition coefficient (Wildman–Crippen LogP) is 2.61. The third kappa shape index (κ3) is 4.44. The Morgan fingerprint density at radius 2 is 1.93 bits per heavy atom. The number of hydrogen-bond donors (Lipinski definition) is 0. The first-order chi connectivity index (χ1) is 12.9. The number of furan rings is 1. The fraction of sp³-hybridized carbons (Fsp3) is 0.222. The molecule has 0 unspecified atom stereocenters. The topological polar surface area (TPSA) is 103 Å². The Hall–Kier alpha value is -2.91. The molecule has 0 saturated carbocycles. The molecule has 0 saturated heterocycles. The summed E-state index contributed by atoms with van der Waals surface area (Å²) in [6.07, 6.45) is 1.50. The lowest BCUT2D eigenvalue weighted by molar-refractivity contribution is -0.145. The van der Waals surface area contributed by atoms with Gasteiger partial charge >= 0.3 is 5.97 Å². The molecule has 0 aliphatic rings. The first-order valence-corrected chi connectivity index (χ1v) is 9.48. The van der Waals surface area contributed by atoms with Crippen molar-refractivity contribution in [2.75, 3.05) is 13.6 Å². The number of ether oxygens (including phenoxy) is 1. The Balaban J connectivity index is 1.56. The van der Waals surface area contributed by atoms with Crippen molar-refractivity contribution < 1.29 is 26.9 Å². The first kappa shape index (κ1) is 18.9. The molecule has 1 aromatic carbocycles. The largest absolute Gasteiger partial charge is 0.461 e. The highest BCUT2D eigenvalue weighted by Gasteiger charge is 2.23. The predicted molar refractivity (Wildman–Crippen MR) is 95.0 cm³/mol. The lowest BCUT2D eigenvalue weighted by atomic mass is 10.2. The van der Waals surface area contributed by atoms with Gasteiger partial charge in [0.15, 0.2) is 5.76 Å². The minimum Gasteiger partial charge on any atom is -0.461 e. The maximum absolute atomic E-state index is 12.5. The van der Waals surface area contributed by atoms with Crippen LogP contribution in [0.2, 0.25) is 0 Å². The Bertz CT molecular complexity index is 1010. The second-order valence-corrected chi connectivity index (χ2v) is 7.94. The number of aromatic nitrogens is 1. The highest BCUT2D eigenvalue weighted by Crippen LogP contribution is 2.21. The number of esters is 1. The van der Waals surface area contributed by atoms with Crippen molar-refractivity contribution in [1.82, 2.24) is 9.46 Å². The van der Waals surface area contributed by atoms with Crippen molar-refractivity contribution in [2.24, 2.45) is 0 Å². The van der Waals surface area contributed by atoms with E-state index in [0.29, 0.717) is 17.2 Å². The zero-order chi connectivity index (χ0) is 19.4. The summed E-state index contributed by atoms with van der Waals surface area (Å²) in [4.78, 5) is 12.1. The molecule has 0 radical (unpaired) electrons. The molecule has 2 heterocycles. The number of hydrogen-bond acceptors (Lipinski definition) is 7. The Morgan fingerprint density at radius 1 is 1.19 bits per heavy atom. The van der Waals surface area contributed by atoms with E-state index in [9.17, 15) is 13.2 Å². The summed E-state index contributed by atoms with van der Waals surface area (Å²) < 4.78 is 41.2. The van der Waals surface area contributed by atoms with Crippen molar-refractivity contribution in [3.63, 3.8) is 0 Å². The number of likely N-dealkylation sites (N-methyl/N-ethyl adjacent to an activating group) is 1. The van der Waals surface area contributed by atoms with E-state index in [2.05, 4.69) is 5.16 Å². The normalized spacial score (nSPS) is 11.7. The third-order valence-corrected chi connectivity index (χ3v) is 5.60. The molecule has 9 heteroatoms. The molecule has 0 bridgehead atoms. The number of carbonyl (C=O) groups is 1. The van der Waals surface area contributed by atoms with Crippen molar-refractivity contribution >= 4 is 16.0 Å². The van der Waals surface area contributed by atoms with Crippen LogP contribution >= 0.6 is 0 Å². The minimum atomic E-state index is -3.77. The van der Waals surface area contributed by atoms with Crippen molar-refractivity contribution in [1.29, 1.82) is 0 Å². The van der Waals surface area contributed by atoms with Crippen LogP contribution in [0.4, 0.5) is 0 Å². The number of aryl methyl sites for hydroxylation is 1. The van der Waals surface area contributed by atoms with Crippen LogP contribution in [0.5, 0.6) is 0 Å². The van der Waals surface area contributed by atoms with Crippen LogP contribution in [0.25, 0.3) is 11.5 Å². The Kier molecular flexibility index (Phi) is 5.43. The van der Waals surface area contributed by atoms with Gasteiger partial charge in [-0.05, 0) is 31.2 Å². The van der Waals surface area contributed by atoms with Crippen LogP contribution in [0.1, 0.15) is 11.3 Å². The molecule has 3 aromatic rings. The molecule has 3 rings (SSSR count). The average Bonchev–Trinajstić information content (AvgIpc) is 3.31. The van der Waals surface area contributed by atoms with E-state index < -0.39 is 22.5 Å². The summed E-state index contributed by atoms with van der Waals surface area (Å²) in [5, 5.41) is 3.78. The van der Waals surface area contributed by atoms with Gasteiger partial charge in [-0.2, -0.15) is 4.31 Å². The van der Waals surface area contributed by atoms with Crippen LogP contribution in [-0.4, -0.2) is 37.4 Å². The smallest absolute Gasteiger partial charge is 0.321 e. The molecule has 8 nitrogen and oxygen atoms in total. The monoisotopic (exact) mass is 390 g/mol. The first-order valence-electron chi connectivity index (χ1n) is 8.04. The summed E-state index contributed by atoms with van der Waals surface area (Å²) in [5.41, 5.74) is 1.33. The molecule has 0 N–H and O–H groups in total. The number of carbonyl (C=O) groups excluding carboxylic acids is 1. The van der Waals surface area contributed by atoms with E-state index in [1.807, 2.05) is 6.92 Å². The quantitative estimate of drug-likeness (QED) is 0.571. The molecule has 0 atom stereocenters. The number of nitrogens with zero attached hydrogens (tertiary/aromatic N) is 2. The zero-order valence-electron chi connectivity index (χ0n) is 14.8. The Labute approximate surface area is 156 Å². The van der Waals surface area contributed by atoms with Gasteiger partial charge in [0.25, 0.3) is 0 Å². The lowest BCUT2D eigenvalue weighted by Crippen LogP contribution is -2.33. The summed E-state index contributed by atoms with van der Waals surface area (Å²) in [5.74, 6) is 0.213. The fourth-order valence-electron chi connectivity index (χ4n) is 2.27. The highest BCUT2D eigenvalue weighted by atomic mass is 32.2. The van der Waals surface area contributed by atoms with Crippen LogP contribution in [-0.2, 0) is 26.2 Å². The second-order valence-electron chi connectivity index (χ2n) is 5.89. The van der Waals surface area contributed by atoms with Crippen LogP contribution in [0.15, 0.2) is 62.6 Å². The van der Waals surface area contributed by atoms with Crippen molar-refractivity contribution in [2.45, 2.75) is 18.4 Å². The standard InChI is InChI=1S/C18H18N2O6S/c1-13-5-7-15(8-6-13)27(22,23)20(2)11-18(21)25-12-14-10-17(26-19-14)16-4-3-9-24-16/h3-10H,11-12H2,1-2H3. The zero-order valence-corrected chi connectivity index (χ0v) is 15.6. The summed E-state index contributed by atoms with van der Waals surface area (Å²) in [6.45, 7) is 1.30. The molecule has 0 amide bonds. The van der Waals surface area contributed by atoms with Gasteiger partial charge in [0.2, 0.25) is 15.8 Å². The maximum atomic E-state index is 12.5. The SMILES string of the molecule is Cc1ccc(S(=O)(=O)N(C)CC(=O)OCc2cc(-c3ccco3)on2)cc1. The molecule has 27 heavy (non-hydrogen) atoms. The number of benzene rings is 1. The molecular weight excluding hydrogens is 372 g/mol. The molecule has 142 valence electrons. The van der Waals surface area contributed by atoms with E-state index >= 15 is 0 Å². The Morgan fingerprint density at radius 3 is 2.59 bits per heavy atom. The molecule has 0 aliphatic carbocycles. The minimum absolute atomic E-state index is 0.114. The van der Waals surface area contributed by atoms with Gasteiger partial charge in [0, 0.05) is 13.1 Å². The summed E-state index contributed by atoms with van der Waals surface area (Å²) >= 11 is 0. The van der Waals surface area contributed by atoms with Gasteiger partial charge in [-0.25, -0.2) is 8.42 Å². The highest BCUT2D eigenvalue weighted by molar-refractivity contribution is 7.89. The maximum Gasteiger partial charge on any atom is 0.321 e. The number of sulfonamides is 1. The fourth-order valence-corrected chi connectivity index (χ4v) is 3.39. The van der Waals surface area contributed by atoms with Gasteiger partial charge in [-0.3, -0.25) is 4.79 Å². The van der Waals surface area contributed by atoms with Gasteiger partial charge in [0.05, 0.1) is 11.2 Å². The number of rotatable bonds is 7. The van der Waals surface area contributed by atoms with E-state index in [-0.39, 0.29) is 11.5 Å². The van der Waals surface area contributed by atoms with Gasteiger partial charge in [0.1, 0.15) is 18.8 Å². The van der Waals surface area contributed by atoms with E-state index in [1.165, 1.54) is 25.4 Å². The van der Waals surface area contributed by atoms with Gasteiger partial charge < -0.3 is 13.7 Å². The molecule has 0 aliphatic heterocycles.